The number of carbonyl (C=O) groups is 1. The number of nitrogens with two attached hydrogens (primary N) is 1. The number of amides is 1. The van der Waals surface area contributed by atoms with Gasteiger partial charge in [0.25, 0.3) is 5.91 Å². The Kier molecular flexibility index (Phi) is 4.87. The minimum atomic E-state index is -0.545. The lowest BCUT2D eigenvalue weighted by molar-refractivity contribution is 0.0995. The van der Waals surface area contributed by atoms with E-state index in [1.165, 1.54) is 0 Å². The summed E-state index contributed by atoms with van der Waals surface area (Å²) in [5.74, 6) is 1.61. The molecule has 4 rings (SSSR count). The van der Waals surface area contributed by atoms with Gasteiger partial charge in [-0.25, -0.2) is 4.98 Å². The average molecular weight is 362 g/mol. The van der Waals surface area contributed by atoms with Crippen molar-refractivity contribution in [2.75, 3.05) is 24.6 Å². The maximum Gasteiger partial charge on any atom is 0.267 e. The quantitative estimate of drug-likeness (QED) is 0.754. The first kappa shape index (κ1) is 17.3. The third-order valence-corrected chi connectivity index (χ3v) is 4.99. The molecule has 27 heavy (non-hydrogen) atoms. The van der Waals surface area contributed by atoms with Crippen LogP contribution in [0.4, 0.5) is 5.82 Å². The standard InChI is InChI=1S/C21H22N4O2/c22-21(26)19-13-17(7-10-23-19)27-14-15-8-11-25(12-9-15)20-6-5-16-3-1-2-4-18(16)24-20/h1-7,10,13,15H,8-9,11-12,14H2,(H2,22,26). The van der Waals surface area contributed by atoms with Crippen molar-refractivity contribution in [3.63, 3.8) is 0 Å². The zero-order valence-corrected chi connectivity index (χ0v) is 15.0. The molecule has 1 aliphatic heterocycles. The highest BCUT2D eigenvalue weighted by molar-refractivity contribution is 5.91. The lowest BCUT2D eigenvalue weighted by Gasteiger charge is -2.32. The van der Waals surface area contributed by atoms with Gasteiger partial charge >= 0.3 is 0 Å². The first-order valence-corrected chi connectivity index (χ1v) is 9.18. The molecule has 0 unspecified atom stereocenters. The Balaban J connectivity index is 1.33. The van der Waals surface area contributed by atoms with E-state index in [0.29, 0.717) is 18.3 Å². The number of aromatic nitrogens is 2. The Morgan fingerprint density at radius 3 is 2.78 bits per heavy atom. The molecule has 3 aromatic rings. The van der Waals surface area contributed by atoms with E-state index < -0.39 is 5.91 Å². The van der Waals surface area contributed by atoms with Crippen LogP contribution in [0, 0.1) is 5.92 Å². The van der Waals surface area contributed by atoms with Crippen LogP contribution >= 0.6 is 0 Å². The van der Waals surface area contributed by atoms with Gasteiger partial charge in [0.05, 0.1) is 12.1 Å². The van der Waals surface area contributed by atoms with Gasteiger partial charge in [-0.05, 0) is 43.0 Å². The fourth-order valence-corrected chi connectivity index (χ4v) is 3.41. The molecule has 0 atom stereocenters. The van der Waals surface area contributed by atoms with Crippen LogP contribution in [0.3, 0.4) is 0 Å². The second-order valence-electron chi connectivity index (χ2n) is 6.84. The van der Waals surface area contributed by atoms with Crippen LogP contribution in [-0.2, 0) is 0 Å². The topological polar surface area (TPSA) is 81.3 Å². The van der Waals surface area contributed by atoms with Crippen molar-refractivity contribution in [3.05, 3.63) is 60.4 Å². The number of benzene rings is 1. The van der Waals surface area contributed by atoms with E-state index in [1.807, 2.05) is 12.1 Å². The van der Waals surface area contributed by atoms with Gasteiger partial charge in [-0.2, -0.15) is 0 Å². The van der Waals surface area contributed by atoms with Crippen LogP contribution in [0.2, 0.25) is 0 Å². The molecule has 1 saturated heterocycles. The molecule has 6 nitrogen and oxygen atoms in total. The first-order chi connectivity index (χ1) is 13.2. The number of hydrogen-bond donors (Lipinski definition) is 1. The molecule has 1 aromatic carbocycles. The van der Waals surface area contributed by atoms with Gasteiger partial charge in [0, 0.05) is 30.7 Å². The number of hydrogen-bond acceptors (Lipinski definition) is 5. The van der Waals surface area contributed by atoms with Gasteiger partial charge in [0.2, 0.25) is 0 Å². The van der Waals surface area contributed by atoms with Crippen LogP contribution in [0.5, 0.6) is 5.75 Å². The minimum Gasteiger partial charge on any atom is -0.493 e. The summed E-state index contributed by atoms with van der Waals surface area (Å²) in [6.45, 7) is 2.55. The zero-order chi connectivity index (χ0) is 18.6. The van der Waals surface area contributed by atoms with Crippen molar-refractivity contribution in [2.45, 2.75) is 12.8 Å². The van der Waals surface area contributed by atoms with E-state index in [0.717, 1.165) is 42.7 Å². The summed E-state index contributed by atoms with van der Waals surface area (Å²) in [5.41, 5.74) is 6.52. The van der Waals surface area contributed by atoms with Crippen LogP contribution in [0.25, 0.3) is 10.9 Å². The molecule has 2 N–H and O–H groups in total. The van der Waals surface area contributed by atoms with Crippen LogP contribution < -0.4 is 15.4 Å². The highest BCUT2D eigenvalue weighted by atomic mass is 16.5. The number of fused-ring (bicyclic) bond motifs is 1. The summed E-state index contributed by atoms with van der Waals surface area (Å²) in [7, 11) is 0. The van der Waals surface area contributed by atoms with E-state index >= 15 is 0 Å². The number of anilines is 1. The Labute approximate surface area is 158 Å². The smallest absolute Gasteiger partial charge is 0.267 e. The molecule has 0 bridgehead atoms. The number of ether oxygens (including phenoxy) is 1. The predicted octanol–water partition coefficient (Wildman–Crippen LogP) is 3.02. The molecular formula is C21H22N4O2. The lowest BCUT2D eigenvalue weighted by atomic mass is 9.98. The molecule has 3 heterocycles. The normalized spacial score (nSPS) is 15.0. The fraction of sp³-hybridized carbons (Fsp3) is 0.286. The number of para-hydroxylation sites is 1. The van der Waals surface area contributed by atoms with Crippen LogP contribution in [-0.4, -0.2) is 35.6 Å². The zero-order valence-electron chi connectivity index (χ0n) is 15.0. The van der Waals surface area contributed by atoms with E-state index in [2.05, 4.69) is 34.1 Å². The maximum absolute atomic E-state index is 11.2. The second-order valence-corrected chi connectivity index (χ2v) is 6.84. The van der Waals surface area contributed by atoms with Crippen molar-refractivity contribution in [3.8, 4) is 5.75 Å². The summed E-state index contributed by atoms with van der Waals surface area (Å²) in [4.78, 5) is 22.3. The average Bonchev–Trinajstić information content (AvgIpc) is 2.72. The first-order valence-electron chi connectivity index (χ1n) is 9.18. The molecule has 0 saturated carbocycles. The molecule has 1 fully saturated rings. The molecule has 6 heteroatoms. The van der Waals surface area contributed by atoms with Gasteiger partial charge in [-0.1, -0.05) is 18.2 Å². The third kappa shape index (κ3) is 4.00. The van der Waals surface area contributed by atoms with Crippen molar-refractivity contribution in [2.24, 2.45) is 11.7 Å². The Bertz CT molecular complexity index is 952. The third-order valence-electron chi connectivity index (χ3n) is 4.99. The molecule has 2 aromatic heterocycles. The number of nitrogens with zero attached hydrogens (tertiary/aromatic N) is 3. The van der Waals surface area contributed by atoms with E-state index in [4.69, 9.17) is 15.5 Å². The number of piperidine rings is 1. The SMILES string of the molecule is NC(=O)c1cc(OCC2CCN(c3ccc4ccccc4n3)CC2)ccn1. The maximum atomic E-state index is 11.2. The summed E-state index contributed by atoms with van der Waals surface area (Å²) >= 11 is 0. The molecule has 1 amide bonds. The van der Waals surface area contributed by atoms with Gasteiger partial charge in [0.1, 0.15) is 17.3 Å². The molecule has 0 aliphatic carbocycles. The second kappa shape index (κ2) is 7.61. The lowest BCUT2D eigenvalue weighted by Crippen LogP contribution is -2.36. The molecule has 138 valence electrons. The number of pyridine rings is 2. The number of rotatable bonds is 5. The van der Waals surface area contributed by atoms with E-state index in [1.54, 1.807) is 18.3 Å². The summed E-state index contributed by atoms with van der Waals surface area (Å²) in [5, 5.41) is 1.16. The molecule has 1 aliphatic rings. The summed E-state index contributed by atoms with van der Waals surface area (Å²) in [6, 6.07) is 15.8. The van der Waals surface area contributed by atoms with Gasteiger partial charge in [-0.3, -0.25) is 9.78 Å². The highest BCUT2D eigenvalue weighted by Crippen LogP contribution is 2.25. The van der Waals surface area contributed by atoms with E-state index in [-0.39, 0.29) is 5.69 Å². The summed E-state index contributed by atoms with van der Waals surface area (Å²) in [6.07, 6.45) is 3.63. The van der Waals surface area contributed by atoms with Crippen molar-refractivity contribution >= 4 is 22.6 Å². The Morgan fingerprint density at radius 1 is 1.15 bits per heavy atom. The highest BCUT2D eigenvalue weighted by Gasteiger charge is 2.21. The van der Waals surface area contributed by atoms with Crippen LogP contribution in [0.1, 0.15) is 23.3 Å². The van der Waals surface area contributed by atoms with E-state index in [9.17, 15) is 4.79 Å². The van der Waals surface area contributed by atoms with Gasteiger partial charge < -0.3 is 15.4 Å². The van der Waals surface area contributed by atoms with Gasteiger partial charge in [0.15, 0.2) is 0 Å². The van der Waals surface area contributed by atoms with Crippen molar-refractivity contribution < 1.29 is 9.53 Å². The largest absolute Gasteiger partial charge is 0.493 e. The van der Waals surface area contributed by atoms with Crippen molar-refractivity contribution in [1.82, 2.24) is 9.97 Å². The monoisotopic (exact) mass is 362 g/mol. The number of primary amides is 1. The Morgan fingerprint density at radius 2 is 1.96 bits per heavy atom. The Hall–Kier alpha value is -3.15. The summed E-state index contributed by atoms with van der Waals surface area (Å²) < 4.78 is 5.85. The van der Waals surface area contributed by atoms with Crippen molar-refractivity contribution in [1.29, 1.82) is 0 Å². The molecular weight excluding hydrogens is 340 g/mol. The van der Waals surface area contributed by atoms with Gasteiger partial charge in [-0.15, -0.1) is 0 Å². The predicted molar refractivity (Wildman–Crippen MR) is 105 cm³/mol. The number of carbonyl (C=O) groups excluding carboxylic acids is 1. The molecule has 0 spiro atoms. The fourth-order valence-electron chi connectivity index (χ4n) is 3.41. The molecule has 0 radical (unpaired) electrons. The van der Waals surface area contributed by atoms with Crippen LogP contribution in [0.15, 0.2) is 54.7 Å². The minimum absolute atomic E-state index is 0.227.